The van der Waals surface area contributed by atoms with Gasteiger partial charge in [0.05, 0.1) is 18.1 Å². The van der Waals surface area contributed by atoms with Crippen LogP contribution < -0.4 is 16.4 Å². The van der Waals surface area contributed by atoms with Crippen molar-refractivity contribution in [2.75, 3.05) is 24.2 Å². The first kappa shape index (κ1) is 13.2. The zero-order valence-corrected chi connectivity index (χ0v) is 11.5. The Morgan fingerprint density at radius 1 is 1.67 bits per heavy atom. The molecule has 98 valence electrons. The zero-order valence-electron chi connectivity index (χ0n) is 9.90. The number of hydrogen-bond donors (Lipinski definition) is 4. The summed E-state index contributed by atoms with van der Waals surface area (Å²) < 4.78 is 0. The molecule has 2 heterocycles. The van der Waals surface area contributed by atoms with Crippen LogP contribution in [0.1, 0.15) is 12.1 Å². The van der Waals surface area contributed by atoms with E-state index in [1.807, 2.05) is 5.38 Å². The van der Waals surface area contributed by atoms with Crippen molar-refractivity contribution in [2.45, 2.75) is 12.2 Å². The van der Waals surface area contributed by atoms with Crippen molar-refractivity contribution in [3.8, 4) is 0 Å². The molecule has 0 radical (unpaired) electrons. The minimum atomic E-state index is 0.244. The van der Waals surface area contributed by atoms with Gasteiger partial charge < -0.3 is 16.4 Å². The third-order valence-corrected chi connectivity index (χ3v) is 4.02. The van der Waals surface area contributed by atoms with Gasteiger partial charge in [-0.2, -0.15) is 11.8 Å². The first-order chi connectivity index (χ1) is 8.74. The van der Waals surface area contributed by atoms with E-state index in [1.54, 1.807) is 23.1 Å². The van der Waals surface area contributed by atoms with Crippen LogP contribution in [0.2, 0.25) is 0 Å². The molecule has 0 aromatic carbocycles. The monoisotopic (exact) mass is 284 g/mol. The molecule has 0 bridgehead atoms. The molecule has 0 saturated carbocycles. The summed E-state index contributed by atoms with van der Waals surface area (Å²) in [4.78, 5) is 8.72. The number of thioether (sulfide) groups is 1. The third kappa shape index (κ3) is 4.19. The Hall–Kier alpha value is -1.28. The van der Waals surface area contributed by atoms with Gasteiger partial charge in [0.25, 0.3) is 0 Å². The molecule has 18 heavy (non-hydrogen) atoms. The van der Waals surface area contributed by atoms with E-state index in [0.717, 1.165) is 41.4 Å². The molecule has 2 rings (SSSR count). The summed E-state index contributed by atoms with van der Waals surface area (Å²) in [5, 5.41) is 16.3. The molecule has 0 unspecified atom stereocenters. The first-order valence-corrected chi connectivity index (χ1v) is 7.68. The Morgan fingerprint density at radius 3 is 3.28 bits per heavy atom. The molecule has 0 spiro atoms. The van der Waals surface area contributed by atoms with Gasteiger partial charge in [-0.3, -0.25) is 10.4 Å². The van der Waals surface area contributed by atoms with E-state index >= 15 is 0 Å². The van der Waals surface area contributed by atoms with Gasteiger partial charge in [-0.25, -0.2) is 4.98 Å². The number of nitrogens with one attached hydrogen (secondary N) is 3. The topological polar surface area (TPSA) is 99.2 Å². The highest BCUT2D eigenvalue weighted by atomic mass is 32.2. The van der Waals surface area contributed by atoms with E-state index in [0.29, 0.717) is 6.42 Å². The molecule has 5 N–H and O–H groups in total. The Morgan fingerprint density at radius 2 is 2.56 bits per heavy atom. The normalized spacial score (nSPS) is 14.1. The lowest BCUT2D eigenvalue weighted by atomic mass is 10.5. The highest BCUT2D eigenvalue weighted by molar-refractivity contribution is 7.98. The van der Waals surface area contributed by atoms with Crippen molar-refractivity contribution in [3.05, 3.63) is 11.1 Å². The van der Waals surface area contributed by atoms with Gasteiger partial charge in [-0.15, -0.1) is 11.3 Å². The van der Waals surface area contributed by atoms with Crippen LogP contribution in [0.4, 0.5) is 5.13 Å². The third-order valence-electron chi connectivity index (χ3n) is 2.22. The van der Waals surface area contributed by atoms with Gasteiger partial charge in [-0.1, -0.05) is 0 Å². The summed E-state index contributed by atoms with van der Waals surface area (Å²) in [6.07, 6.45) is 0.640. The van der Waals surface area contributed by atoms with Crippen LogP contribution in [0.3, 0.4) is 0 Å². The number of hydrogen-bond acceptors (Lipinski definition) is 7. The molecule has 8 heteroatoms. The summed E-state index contributed by atoms with van der Waals surface area (Å²) in [6, 6.07) is 0. The maximum Gasteiger partial charge on any atom is 0.197 e. The average molecular weight is 284 g/mol. The lowest BCUT2D eigenvalue weighted by Gasteiger charge is -2.01. The van der Waals surface area contributed by atoms with Crippen LogP contribution in [-0.2, 0) is 5.75 Å². The molecule has 1 aliphatic heterocycles. The van der Waals surface area contributed by atoms with Crippen LogP contribution in [0, 0.1) is 5.41 Å². The van der Waals surface area contributed by atoms with Gasteiger partial charge in [-0.05, 0) is 0 Å². The number of nitrogens with two attached hydrogens (primary N) is 1. The molecule has 0 atom stereocenters. The summed E-state index contributed by atoms with van der Waals surface area (Å²) in [5.74, 6) is 2.77. The van der Waals surface area contributed by atoms with E-state index in [-0.39, 0.29) is 5.84 Å². The van der Waals surface area contributed by atoms with Gasteiger partial charge in [0.1, 0.15) is 0 Å². The van der Waals surface area contributed by atoms with E-state index in [1.165, 1.54) is 0 Å². The molecule has 0 saturated heterocycles. The molecular formula is C10H16N6S2. The minimum absolute atomic E-state index is 0.244. The average Bonchev–Trinajstić information content (AvgIpc) is 2.97. The largest absolute Gasteiger partial charge is 0.388 e. The smallest absolute Gasteiger partial charge is 0.197 e. The zero-order chi connectivity index (χ0) is 12.8. The van der Waals surface area contributed by atoms with Crippen LogP contribution in [-0.4, -0.2) is 35.6 Å². The van der Waals surface area contributed by atoms with Gasteiger partial charge in [0.2, 0.25) is 0 Å². The number of nitrogens with zero attached hydrogens (tertiary/aromatic N) is 2. The molecule has 0 fully saturated rings. The van der Waals surface area contributed by atoms with Gasteiger partial charge >= 0.3 is 0 Å². The first-order valence-electron chi connectivity index (χ1n) is 5.64. The molecule has 1 aromatic heterocycles. The van der Waals surface area contributed by atoms with Crippen molar-refractivity contribution < 1.29 is 0 Å². The maximum absolute atomic E-state index is 7.13. The Balaban J connectivity index is 1.73. The number of guanidine groups is 1. The van der Waals surface area contributed by atoms with Crippen molar-refractivity contribution >= 4 is 40.0 Å². The second kappa shape index (κ2) is 6.60. The quantitative estimate of drug-likeness (QED) is 0.356. The van der Waals surface area contributed by atoms with Crippen LogP contribution in [0.5, 0.6) is 0 Å². The highest BCUT2D eigenvalue weighted by Crippen LogP contribution is 2.19. The van der Waals surface area contributed by atoms with E-state index in [2.05, 4.69) is 20.6 Å². The number of thiazole rings is 1. The standard InChI is InChI=1S/C10H16N6S2/c11-8(12)1-4-17-5-7-6-18-10(15-7)16-9-13-2-3-14-9/h6H,1-5H2,(H3,11,12)(H2,13,14,15,16). The lowest BCUT2D eigenvalue weighted by molar-refractivity contribution is 0.959. The summed E-state index contributed by atoms with van der Waals surface area (Å²) in [5.41, 5.74) is 6.34. The Bertz CT molecular complexity index is 441. The number of aliphatic imine (C=N–C) groups is 1. The van der Waals surface area contributed by atoms with E-state index in [4.69, 9.17) is 11.1 Å². The van der Waals surface area contributed by atoms with Gasteiger partial charge in [0, 0.05) is 29.9 Å². The van der Waals surface area contributed by atoms with Crippen molar-refractivity contribution in [2.24, 2.45) is 10.7 Å². The fraction of sp³-hybridized carbons (Fsp3) is 0.500. The van der Waals surface area contributed by atoms with Crippen molar-refractivity contribution in [3.63, 3.8) is 0 Å². The van der Waals surface area contributed by atoms with E-state index < -0.39 is 0 Å². The predicted molar refractivity (Wildman–Crippen MR) is 78.7 cm³/mol. The molecule has 0 aliphatic carbocycles. The molecule has 1 aromatic rings. The number of anilines is 1. The van der Waals surface area contributed by atoms with Crippen LogP contribution >= 0.6 is 23.1 Å². The Kier molecular flexibility index (Phi) is 4.82. The van der Waals surface area contributed by atoms with E-state index in [9.17, 15) is 0 Å². The number of rotatable bonds is 6. The molecule has 6 nitrogen and oxygen atoms in total. The molecule has 0 amide bonds. The predicted octanol–water partition coefficient (Wildman–Crippen LogP) is 1.07. The SMILES string of the molecule is N=C(N)CCSCc1csc(NC2=NCCN2)n1. The van der Waals surface area contributed by atoms with Crippen molar-refractivity contribution in [1.82, 2.24) is 10.3 Å². The number of aromatic nitrogens is 1. The van der Waals surface area contributed by atoms with Gasteiger partial charge in [0.15, 0.2) is 11.1 Å². The number of amidine groups is 1. The lowest BCUT2D eigenvalue weighted by Crippen LogP contribution is -2.26. The van der Waals surface area contributed by atoms with Crippen LogP contribution in [0.15, 0.2) is 10.4 Å². The summed E-state index contributed by atoms with van der Waals surface area (Å²) >= 11 is 3.32. The fourth-order valence-electron chi connectivity index (χ4n) is 1.37. The fourth-order valence-corrected chi connectivity index (χ4v) is 3.05. The minimum Gasteiger partial charge on any atom is -0.388 e. The molecular weight excluding hydrogens is 268 g/mol. The Labute approximate surface area is 114 Å². The summed E-state index contributed by atoms with van der Waals surface area (Å²) in [7, 11) is 0. The molecule has 1 aliphatic rings. The maximum atomic E-state index is 7.13. The van der Waals surface area contributed by atoms with Crippen molar-refractivity contribution in [1.29, 1.82) is 5.41 Å². The van der Waals surface area contributed by atoms with Crippen LogP contribution in [0.25, 0.3) is 0 Å². The summed E-state index contributed by atoms with van der Waals surface area (Å²) in [6.45, 7) is 1.71. The second-order valence-electron chi connectivity index (χ2n) is 3.75. The highest BCUT2D eigenvalue weighted by Gasteiger charge is 2.08. The second-order valence-corrected chi connectivity index (χ2v) is 5.72.